The third kappa shape index (κ3) is 5.58. The highest BCUT2D eigenvalue weighted by molar-refractivity contribution is 5.82. The Balaban J connectivity index is 1.50. The zero-order valence-electron chi connectivity index (χ0n) is 20.3. The molecule has 7 heteroatoms. The van der Waals surface area contributed by atoms with Crippen molar-refractivity contribution in [2.45, 2.75) is 51.5 Å². The van der Waals surface area contributed by atoms with Crippen LogP contribution >= 0.6 is 0 Å². The van der Waals surface area contributed by atoms with Gasteiger partial charge in [-0.2, -0.15) is 5.10 Å². The molecule has 3 heterocycles. The van der Waals surface area contributed by atoms with Crippen molar-refractivity contribution in [2.24, 2.45) is 5.92 Å². The van der Waals surface area contributed by atoms with Crippen LogP contribution in [-0.4, -0.2) is 79.0 Å². The molecule has 0 aliphatic carbocycles. The lowest BCUT2D eigenvalue weighted by Crippen LogP contribution is -2.52. The van der Waals surface area contributed by atoms with E-state index in [0.29, 0.717) is 31.5 Å². The largest absolute Gasteiger partial charge is 0.497 e. The van der Waals surface area contributed by atoms with Gasteiger partial charge in [-0.15, -0.1) is 0 Å². The first-order valence-electron chi connectivity index (χ1n) is 12.3. The molecule has 2 atom stereocenters. The Hall–Kier alpha value is -2.38. The fourth-order valence-corrected chi connectivity index (χ4v) is 5.51. The highest BCUT2D eigenvalue weighted by Crippen LogP contribution is 2.32. The minimum atomic E-state index is 0.152. The zero-order chi connectivity index (χ0) is 23.2. The molecule has 0 saturated carbocycles. The van der Waals surface area contributed by atoms with Gasteiger partial charge in [0.25, 0.3) is 0 Å². The van der Waals surface area contributed by atoms with Crippen molar-refractivity contribution >= 4 is 5.91 Å². The van der Waals surface area contributed by atoms with Crippen LogP contribution in [0.1, 0.15) is 43.4 Å². The van der Waals surface area contributed by atoms with Gasteiger partial charge in [0, 0.05) is 43.1 Å². The highest BCUT2D eigenvalue weighted by atomic mass is 16.5. The van der Waals surface area contributed by atoms with Crippen LogP contribution in [0.4, 0.5) is 0 Å². The van der Waals surface area contributed by atoms with Crippen LogP contribution in [-0.2, 0) is 16.0 Å². The number of nitrogens with zero attached hydrogens (tertiary/aromatic N) is 3. The molecule has 33 heavy (non-hydrogen) atoms. The van der Waals surface area contributed by atoms with E-state index in [-0.39, 0.29) is 5.91 Å². The fourth-order valence-electron chi connectivity index (χ4n) is 5.51. The number of amides is 1. The molecule has 2 fully saturated rings. The predicted octanol–water partition coefficient (Wildman–Crippen LogP) is 3.68. The van der Waals surface area contributed by atoms with E-state index in [0.717, 1.165) is 34.8 Å². The van der Waals surface area contributed by atoms with E-state index in [1.54, 1.807) is 14.2 Å². The van der Waals surface area contributed by atoms with Crippen LogP contribution in [0.15, 0.2) is 24.3 Å². The number of piperidine rings is 2. The summed E-state index contributed by atoms with van der Waals surface area (Å²) in [5.41, 5.74) is 3.73. The molecule has 1 aromatic heterocycles. The van der Waals surface area contributed by atoms with Gasteiger partial charge in [0.1, 0.15) is 5.75 Å². The molecule has 2 saturated heterocycles. The van der Waals surface area contributed by atoms with Gasteiger partial charge in [0.2, 0.25) is 5.91 Å². The zero-order valence-corrected chi connectivity index (χ0v) is 20.3. The highest BCUT2D eigenvalue weighted by Gasteiger charge is 2.34. The number of hydrogen-bond donors (Lipinski definition) is 1. The van der Waals surface area contributed by atoms with Crippen molar-refractivity contribution in [3.05, 3.63) is 35.5 Å². The van der Waals surface area contributed by atoms with E-state index in [1.165, 1.54) is 45.2 Å². The molecule has 0 unspecified atom stereocenters. The summed E-state index contributed by atoms with van der Waals surface area (Å²) < 4.78 is 10.6. The molecule has 1 amide bonds. The second-order valence-corrected chi connectivity index (χ2v) is 9.42. The van der Waals surface area contributed by atoms with Gasteiger partial charge in [-0.05, 0) is 75.9 Å². The standard InChI is InChI=1S/C26H38N4O3/c1-19-23(26(28-27-19)20-9-11-22(33-3)12-10-20)17-25(31)30(15-16-32-2)18-21-7-6-14-29-13-5-4-8-24(21)29/h9-12,21,24H,4-8,13-18H2,1-3H3,(H,27,28)/t21-,24-/m1/s1. The number of aryl methyl sites for hydroxylation is 1. The summed E-state index contributed by atoms with van der Waals surface area (Å²) in [6.07, 6.45) is 6.66. The van der Waals surface area contributed by atoms with Crippen molar-refractivity contribution in [3.63, 3.8) is 0 Å². The van der Waals surface area contributed by atoms with Crippen LogP contribution in [0.25, 0.3) is 11.3 Å². The lowest BCUT2D eigenvalue weighted by molar-refractivity contribution is -0.132. The van der Waals surface area contributed by atoms with Gasteiger partial charge in [0.15, 0.2) is 0 Å². The summed E-state index contributed by atoms with van der Waals surface area (Å²) in [5.74, 6) is 1.50. The quantitative estimate of drug-likeness (QED) is 0.626. The van der Waals surface area contributed by atoms with Gasteiger partial charge in [0.05, 0.1) is 25.8 Å². The van der Waals surface area contributed by atoms with E-state index < -0.39 is 0 Å². The van der Waals surface area contributed by atoms with Gasteiger partial charge in [-0.25, -0.2) is 0 Å². The minimum Gasteiger partial charge on any atom is -0.497 e. The van der Waals surface area contributed by atoms with E-state index in [1.807, 2.05) is 36.1 Å². The number of carbonyl (C=O) groups excluding carboxylic acids is 1. The number of carbonyl (C=O) groups is 1. The first-order valence-corrected chi connectivity index (χ1v) is 12.3. The maximum absolute atomic E-state index is 13.6. The topological polar surface area (TPSA) is 70.7 Å². The van der Waals surface area contributed by atoms with Gasteiger partial charge in [-0.1, -0.05) is 6.42 Å². The minimum absolute atomic E-state index is 0.152. The maximum atomic E-state index is 13.6. The summed E-state index contributed by atoms with van der Waals surface area (Å²) in [6, 6.07) is 8.45. The van der Waals surface area contributed by atoms with E-state index in [2.05, 4.69) is 15.1 Å². The predicted molar refractivity (Wildman–Crippen MR) is 129 cm³/mol. The summed E-state index contributed by atoms with van der Waals surface area (Å²) in [6.45, 7) is 6.43. The summed E-state index contributed by atoms with van der Waals surface area (Å²) >= 11 is 0. The summed E-state index contributed by atoms with van der Waals surface area (Å²) in [5, 5.41) is 7.60. The fraction of sp³-hybridized carbons (Fsp3) is 0.615. The van der Waals surface area contributed by atoms with Crippen LogP contribution < -0.4 is 4.74 Å². The Labute approximate surface area is 197 Å². The number of aromatic nitrogens is 2. The van der Waals surface area contributed by atoms with Crippen molar-refractivity contribution < 1.29 is 14.3 Å². The molecule has 0 bridgehead atoms. The van der Waals surface area contributed by atoms with Gasteiger partial charge in [-0.3, -0.25) is 9.89 Å². The number of aromatic amines is 1. The molecule has 4 rings (SSSR count). The van der Waals surface area contributed by atoms with Crippen LogP contribution in [0.3, 0.4) is 0 Å². The third-order valence-corrected chi connectivity index (χ3v) is 7.37. The molecule has 2 aliphatic heterocycles. The molecule has 2 aromatic rings. The Morgan fingerprint density at radius 3 is 2.70 bits per heavy atom. The molecular weight excluding hydrogens is 416 g/mol. The second-order valence-electron chi connectivity index (χ2n) is 9.42. The lowest BCUT2D eigenvalue weighted by atomic mass is 9.83. The molecule has 0 radical (unpaired) electrons. The first-order chi connectivity index (χ1) is 16.1. The molecule has 7 nitrogen and oxygen atoms in total. The average Bonchev–Trinajstić information content (AvgIpc) is 3.21. The molecular formula is C26H38N4O3. The summed E-state index contributed by atoms with van der Waals surface area (Å²) in [7, 11) is 3.36. The SMILES string of the molecule is COCCN(C[C@H]1CCCN2CCCC[C@H]12)C(=O)Cc1c(-c2ccc(OC)cc2)n[nH]c1C. The maximum Gasteiger partial charge on any atom is 0.227 e. The molecule has 1 aromatic carbocycles. The Morgan fingerprint density at radius 1 is 1.15 bits per heavy atom. The number of nitrogens with one attached hydrogen (secondary N) is 1. The monoisotopic (exact) mass is 454 g/mol. The number of ether oxygens (including phenoxy) is 2. The average molecular weight is 455 g/mol. The number of H-pyrrole nitrogens is 1. The number of fused-ring (bicyclic) bond motifs is 1. The van der Waals surface area contributed by atoms with Crippen molar-refractivity contribution in [1.29, 1.82) is 0 Å². The second kappa shape index (κ2) is 11.2. The Kier molecular flexibility index (Phi) is 8.04. The normalized spacial score (nSPS) is 20.9. The van der Waals surface area contributed by atoms with E-state index in [4.69, 9.17) is 9.47 Å². The van der Waals surface area contributed by atoms with Gasteiger partial charge >= 0.3 is 0 Å². The van der Waals surface area contributed by atoms with Crippen molar-refractivity contribution in [1.82, 2.24) is 20.0 Å². The number of methoxy groups -OCH3 is 2. The van der Waals surface area contributed by atoms with Gasteiger partial charge < -0.3 is 19.3 Å². The molecule has 1 N–H and O–H groups in total. The Bertz CT molecular complexity index is 909. The number of rotatable bonds is 9. The van der Waals surface area contributed by atoms with E-state index >= 15 is 0 Å². The van der Waals surface area contributed by atoms with E-state index in [9.17, 15) is 4.79 Å². The number of benzene rings is 1. The van der Waals surface area contributed by atoms with Crippen molar-refractivity contribution in [3.8, 4) is 17.0 Å². The smallest absolute Gasteiger partial charge is 0.227 e. The van der Waals surface area contributed by atoms with Crippen LogP contribution in [0.2, 0.25) is 0 Å². The molecule has 2 aliphatic rings. The number of hydrogen-bond acceptors (Lipinski definition) is 5. The van der Waals surface area contributed by atoms with Crippen LogP contribution in [0, 0.1) is 12.8 Å². The summed E-state index contributed by atoms with van der Waals surface area (Å²) in [4.78, 5) is 18.3. The first kappa shape index (κ1) is 23.8. The Morgan fingerprint density at radius 2 is 1.94 bits per heavy atom. The van der Waals surface area contributed by atoms with Crippen molar-refractivity contribution in [2.75, 3.05) is 47.0 Å². The molecule has 180 valence electrons. The lowest BCUT2D eigenvalue weighted by Gasteiger charge is -2.45. The molecule has 0 spiro atoms. The van der Waals surface area contributed by atoms with Crippen LogP contribution in [0.5, 0.6) is 5.75 Å². The third-order valence-electron chi connectivity index (χ3n) is 7.37.